The Morgan fingerprint density at radius 3 is 2.74 bits per heavy atom. The number of carbonyl (C=O) groups excluding carboxylic acids is 1. The highest BCUT2D eigenvalue weighted by Crippen LogP contribution is 2.33. The van der Waals surface area contributed by atoms with Gasteiger partial charge in [0.1, 0.15) is 18.1 Å². The van der Waals surface area contributed by atoms with Crippen molar-refractivity contribution in [3.8, 4) is 11.5 Å². The first-order valence-corrected chi connectivity index (χ1v) is 9.66. The third-order valence-electron chi connectivity index (χ3n) is 4.77. The summed E-state index contributed by atoms with van der Waals surface area (Å²) in [5.74, 6) is 0.788. The van der Waals surface area contributed by atoms with E-state index in [0.29, 0.717) is 34.7 Å². The smallest absolute Gasteiger partial charge is 0.270 e. The van der Waals surface area contributed by atoms with E-state index < -0.39 is 4.92 Å². The number of hydrogen-bond acceptors (Lipinski definition) is 6. The normalized spacial score (nSPS) is 12.4. The molecule has 8 nitrogen and oxygen atoms in total. The molecular formula is C23H20N2O6. The number of amides is 1. The Labute approximate surface area is 178 Å². The lowest BCUT2D eigenvalue weighted by molar-refractivity contribution is -0.385. The van der Waals surface area contributed by atoms with Crippen molar-refractivity contribution >= 4 is 11.6 Å². The zero-order valence-corrected chi connectivity index (χ0v) is 16.6. The minimum absolute atomic E-state index is 0.0547. The number of hydrogen-bond donors (Lipinski definition) is 1. The fraction of sp³-hybridized carbons (Fsp3) is 0.174. The number of non-ortho nitro benzene ring substituents is 1. The largest absolute Gasteiger partial charge is 0.489 e. The predicted octanol–water partition coefficient (Wildman–Crippen LogP) is 3.97. The third-order valence-corrected chi connectivity index (χ3v) is 4.77. The van der Waals surface area contributed by atoms with Crippen molar-refractivity contribution in [2.45, 2.75) is 19.8 Å². The Hall–Kier alpha value is -3.91. The van der Waals surface area contributed by atoms with Crippen LogP contribution < -0.4 is 14.8 Å². The van der Waals surface area contributed by atoms with Gasteiger partial charge < -0.3 is 19.5 Å². The first kappa shape index (κ1) is 20.4. The van der Waals surface area contributed by atoms with Crippen molar-refractivity contribution in [1.29, 1.82) is 0 Å². The number of nitro groups is 1. The summed E-state index contributed by atoms with van der Waals surface area (Å²) in [6.07, 6.45) is 0. The highest BCUT2D eigenvalue weighted by Gasteiger charge is 2.21. The Bertz CT molecular complexity index is 1100. The second kappa shape index (κ2) is 9.27. The summed E-state index contributed by atoms with van der Waals surface area (Å²) < 4.78 is 16.6. The van der Waals surface area contributed by atoms with Crippen LogP contribution in [0.1, 0.15) is 27.0 Å². The van der Waals surface area contributed by atoms with E-state index in [2.05, 4.69) is 5.32 Å². The SMILES string of the molecule is O=C(NCc1ccccc1)c1cccc(OCc2cc([N+](=O)[O-])cc3c2OCOC3)c1. The number of ether oxygens (including phenoxy) is 3. The van der Waals surface area contributed by atoms with Gasteiger partial charge in [-0.3, -0.25) is 14.9 Å². The van der Waals surface area contributed by atoms with E-state index in [-0.39, 0.29) is 31.6 Å². The van der Waals surface area contributed by atoms with Crippen LogP contribution in [0.3, 0.4) is 0 Å². The van der Waals surface area contributed by atoms with Gasteiger partial charge in [0.15, 0.2) is 6.79 Å². The summed E-state index contributed by atoms with van der Waals surface area (Å²) in [5.41, 5.74) is 2.56. The molecule has 0 saturated carbocycles. The molecule has 1 aliphatic rings. The summed E-state index contributed by atoms with van der Waals surface area (Å²) in [6.45, 7) is 0.791. The third kappa shape index (κ3) is 4.99. The predicted molar refractivity (Wildman–Crippen MR) is 112 cm³/mol. The molecule has 1 heterocycles. The van der Waals surface area contributed by atoms with Gasteiger partial charge in [-0.25, -0.2) is 0 Å². The standard InChI is InChI=1S/C23H20N2O6/c26-23(24-12-16-5-2-1-3-6-16)17-7-4-8-21(11-17)30-14-19-10-20(25(27)28)9-18-13-29-15-31-22(18)19/h1-11H,12-15H2,(H,24,26). The molecule has 4 rings (SSSR count). The van der Waals surface area contributed by atoms with E-state index >= 15 is 0 Å². The molecule has 0 radical (unpaired) electrons. The van der Waals surface area contributed by atoms with Gasteiger partial charge in [0.25, 0.3) is 11.6 Å². The molecule has 0 atom stereocenters. The van der Waals surface area contributed by atoms with Crippen LogP contribution in [-0.2, 0) is 24.5 Å². The van der Waals surface area contributed by atoms with Gasteiger partial charge in [-0.05, 0) is 23.8 Å². The fourth-order valence-corrected chi connectivity index (χ4v) is 3.26. The number of benzene rings is 3. The van der Waals surface area contributed by atoms with Gasteiger partial charge in [-0.2, -0.15) is 0 Å². The molecular weight excluding hydrogens is 400 g/mol. The van der Waals surface area contributed by atoms with Crippen molar-refractivity contribution in [3.63, 3.8) is 0 Å². The fourth-order valence-electron chi connectivity index (χ4n) is 3.26. The molecule has 1 amide bonds. The maximum atomic E-state index is 12.5. The molecule has 3 aromatic rings. The second-order valence-corrected chi connectivity index (χ2v) is 6.95. The van der Waals surface area contributed by atoms with Gasteiger partial charge >= 0.3 is 0 Å². The van der Waals surface area contributed by atoms with Gasteiger partial charge in [-0.1, -0.05) is 36.4 Å². The highest BCUT2D eigenvalue weighted by molar-refractivity contribution is 5.94. The summed E-state index contributed by atoms with van der Waals surface area (Å²) in [7, 11) is 0. The van der Waals surface area contributed by atoms with Gasteiger partial charge in [0.2, 0.25) is 0 Å². The summed E-state index contributed by atoms with van der Waals surface area (Å²) >= 11 is 0. The van der Waals surface area contributed by atoms with E-state index in [9.17, 15) is 14.9 Å². The van der Waals surface area contributed by atoms with Crippen LogP contribution in [0, 0.1) is 10.1 Å². The van der Waals surface area contributed by atoms with Gasteiger partial charge in [0.05, 0.1) is 11.5 Å². The number of nitrogens with one attached hydrogen (secondary N) is 1. The van der Waals surface area contributed by atoms with Crippen LogP contribution in [0.15, 0.2) is 66.7 Å². The maximum Gasteiger partial charge on any atom is 0.270 e. The summed E-state index contributed by atoms with van der Waals surface area (Å²) in [6, 6.07) is 19.3. The average Bonchev–Trinajstić information content (AvgIpc) is 2.81. The molecule has 158 valence electrons. The van der Waals surface area contributed by atoms with E-state index in [0.717, 1.165) is 5.56 Å². The molecule has 1 aliphatic heterocycles. The van der Waals surface area contributed by atoms with Crippen LogP contribution in [0.4, 0.5) is 5.69 Å². The van der Waals surface area contributed by atoms with Crippen LogP contribution in [0.5, 0.6) is 11.5 Å². The number of fused-ring (bicyclic) bond motifs is 1. The van der Waals surface area contributed by atoms with E-state index in [1.54, 1.807) is 24.3 Å². The first-order valence-electron chi connectivity index (χ1n) is 9.66. The van der Waals surface area contributed by atoms with Crippen molar-refractivity contribution in [2.75, 3.05) is 6.79 Å². The molecule has 3 aromatic carbocycles. The Morgan fingerprint density at radius 2 is 1.94 bits per heavy atom. The van der Waals surface area contributed by atoms with E-state index in [1.807, 2.05) is 30.3 Å². The molecule has 0 fully saturated rings. The lowest BCUT2D eigenvalue weighted by Crippen LogP contribution is -2.22. The van der Waals surface area contributed by atoms with Crippen LogP contribution >= 0.6 is 0 Å². The number of nitro benzene ring substituents is 1. The topological polar surface area (TPSA) is 99.9 Å². The average molecular weight is 420 g/mol. The lowest BCUT2D eigenvalue weighted by atomic mass is 10.1. The number of rotatable bonds is 7. The minimum Gasteiger partial charge on any atom is -0.489 e. The summed E-state index contributed by atoms with van der Waals surface area (Å²) in [4.78, 5) is 23.3. The van der Waals surface area contributed by atoms with Crippen molar-refractivity contribution in [1.82, 2.24) is 5.32 Å². The zero-order valence-electron chi connectivity index (χ0n) is 16.6. The molecule has 0 bridgehead atoms. The zero-order chi connectivity index (χ0) is 21.6. The first-order chi connectivity index (χ1) is 15.1. The highest BCUT2D eigenvalue weighted by atomic mass is 16.7. The minimum atomic E-state index is -0.462. The van der Waals surface area contributed by atoms with Crippen LogP contribution in [-0.4, -0.2) is 17.6 Å². The quantitative estimate of drug-likeness (QED) is 0.459. The summed E-state index contributed by atoms with van der Waals surface area (Å²) in [5, 5.41) is 14.1. The van der Waals surface area contributed by atoms with Crippen molar-refractivity contribution in [2.24, 2.45) is 0 Å². The Balaban J connectivity index is 1.45. The molecule has 1 N–H and O–H groups in total. The molecule has 31 heavy (non-hydrogen) atoms. The van der Waals surface area contributed by atoms with Crippen molar-refractivity contribution < 1.29 is 23.9 Å². The van der Waals surface area contributed by atoms with E-state index in [4.69, 9.17) is 14.2 Å². The van der Waals surface area contributed by atoms with Crippen LogP contribution in [0.25, 0.3) is 0 Å². The molecule has 0 unspecified atom stereocenters. The Morgan fingerprint density at radius 1 is 1.10 bits per heavy atom. The van der Waals surface area contributed by atoms with Gasteiger partial charge in [0, 0.05) is 35.4 Å². The molecule has 8 heteroatoms. The number of nitrogens with zero attached hydrogens (tertiary/aromatic N) is 1. The van der Waals surface area contributed by atoms with E-state index in [1.165, 1.54) is 12.1 Å². The van der Waals surface area contributed by atoms with Crippen LogP contribution in [0.2, 0.25) is 0 Å². The maximum absolute atomic E-state index is 12.5. The van der Waals surface area contributed by atoms with Crippen molar-refractivity contribution in [3.05, 3.63) is 99.1 Å². The van der Waals surface area contributed by atoms with Gasteiger partial charge in [-0.15, -0.1) is 0 Å². The second-order valence-electron chi connectivity index (χ2n) is 6.95. The number of carbonyl (C=O) groups is 1. The monoisotopic (exact) mass is 420 g/mol. The molecule has 0 aliphatic carbocycles. The molecule has 0 saturated heterocycles. The molecule has 0 spiro atoms. The lowest BCUT2D eigenvalue weighted by Gasteiger charge is -2.20. The Kier molecular flexibility index (Phi) is 6.09. The molecule has 0 aromatic heterocycles.